The molecule has 4 aromatic carbocycles. The number of hydrogen-bond donors (Lipinski definition) is 0. The van der Waals surface area contributed by atoms with Crippen molar-refractivity contribution in [1.82, 2.24) is 20.4 Å². The molecule has 2 heterocycles. The molecule has 6 aromatic rings. The Labute approximate surface area is 364 Å². The molecule has 62 heavy (non-hydrogen) atoms. The molecule has 326 valence electrons. The Morgan fingerprint density at radius 2 is 0.694 bits per heavy atom. The topological polar surface area (TPSA) is 149 Å². The number of carbonyl (C=O) groups is 2. The Morgan fingerprint density at radius 1 is 0.387 bits per heavy atom. The second-order valence-electron chi connectivity index (χ2n) is 15.3. The van der Waals surface area contributed by atoms with E-state index in [4.69, 9.17) is 27.8 Å². The zero-order chi connectivity index (χ0) is 43.2. The number of carbonyl (C=O) groups excluding carboxylic acids is 2. The van der Waals surface area contributed by atoms with Gasteiger partial charge in [0.15, 0.2) is 0 Å². The van der Waals surface area contributed by atoms with Gasteiger partial charge in [0.2, 0.25) is 11.8 Å². The van der Waals surface area contributed by atoms with Gasteiger partial charge in [-0.2, -0.15) is 0 Å². The van der Waals surface area contributed by atoms with Crippen molar-refractivity contribution in [3.8, 4) is 57.7 Å². The van der Waals surface area contributed by atoms with Gasteiger partial charge >= 0.3 is 23.7 Å². The van der Waals surface area contributed by atoms with Crippen molar-refractivity contribution < 1.29 is 37.4 Å². The van der Waals surface area contributed by atoms with Crippen LogP contribution >= 0.6 is 0 Å². The predicted molar refractivity (Wildman–Crippen MR) is 237 cm³/mol. The molecule has 2 aromatic heterocycles. The quantitative estimate of drug-likeness (QED) is 0.0276. The molecule has 0 bridgehead atoms. The highest BCUT2D eigenvalue weighted by Gasteiger charge is 2.19. The lowest BCUT2D eigenvalue weighted by molar-refractivity contribution is 0.0725. The van der Waals surface area contributed by atoms with Crippen LogP contribution in [0, 0.1) is 0 Å². The SMILES string of the molecule is CCCCCCCCCCOc1ccc(C(=O)Oc2ccc(-c3nnc(-c4nnc(-c5ccc(OC(=O)c6ccc(OCCCCCCCCCC)cc6)cc5)o4)o3)cc2)cc1. The van der Waals surface area contributed by atoms with Gasteiger partial charge in [0.05, 0.1) is 24.3 Å². The zero-order valence-electron chi connectivity index (χ0n) is 36.0. The minimum Gasteiger partial charge on any atom is -0.494 e. The summed E-state index contributed by atoms with van der Waals surface area (Å²) in [5.74, 6) is 1.72. The van der Waals surface area contributed by atoms with Crippen LogP contribution in [0.2, 0.25) is 0 Å². The predicted octanol–water partition coefficient (Wildman–Crippen LogP) is 12.9. The first-order valence-corrected chi connectivity index (χ1v) is 22.3. The van der Waals surface area contributed by atoms with Crippen molar-refractivity contribution in [2.45, 2.75) is 117 Å². The van der Waals surface area contributed by atoms with E-state index in [9.17, 15) is 9.59 Å². The maximum absolute atomic E-state index is 12.8. The average molecular weight is 843 g/mol. The molecule has 0 fully saturated rings. The molecule has 12 nitrogen and oxygen atoms in total. The fourth-order valence-electron chi connectivity index (χ4n) is 6.74. The van der Waals surface area contributed by atoms with E-state index in [0.29, 0.717) is 47.0 Å². The number of benzene rings is 4. The lowest BCUT2D eigenvalue weighted by Crippen LogP contribution is -2.08. The Hall–Kier alpha value is -6.30. The third-order valence-electron chi connectivity index (χ3n) is 10.4. The third kappa shape index (κ3) is 14.4. The number of ether oxygens (including phenoxy) is 4. The van der Waals surface area contributed by atoms with Crippen molar-refractivity contribution in [1.29, 1.82) is 0 Å². The number of rotatable bonds is 27. The molecule has 0 radical (unpaired) electrons. The Balaban J connectivity index is 0.914. The fraction of sp³-hybridized carbons (Fsp3) is 0.400. The minimum atomic E-state index is -0.480. The summed E-state index contributed by atoms with van der Waals surface area (Å²) in [5, 5.41) is 16.4. The first-order chi connectivity index (χ1) is 30.5. The molecular formula is C50H58N4O8. The standard InChI is InChI=1S/C50H58N4O8/c1-3-5-7-9-11-13-15-17-35-57-41-27-23-39(24-28-41)49(55)59-43-31-19-37(20-32-43)45-51-53-47(61-45)48-54-52-46(62-48)38-21-33-44(34-22-38)60-50(56)40-25-29-42(30-26-40)58-36-18-16-14-12-10-8-6-4-2/h19-34H,3-18,35-36H2,1-2H3. The number of aromatic nitrogens is 4. The van der Waals surface area contributed by atoms with E-state index in [1.165, 1.54) is 77.0 Å². The Morgan fingerprint density at radius 3 is 1.05 bits per heavy atom. The van der Waals surface area contributed by atoms with Crippen LogP contribution in [-0.2, 0) is 0 Å². The van der Waals surface area contributed by atoms with Crippen LogP contribution in [0.1, 0.15) is 137 Å². The Bertz CT molecular complexity index is 2060. The number of unbranched alkanes of at least 4 members (excludes halogenated alkanes) is 14. The van der Waals surface area contributed by atoms with Crippen molar-refractivity contribution in [2.75, 3.05) is 13.2 Å². The van der Waals surface area contributed by atoms with E-state index >= 15 is 0 Å². The molecule has 12 heteroatoms. The molecule has 0 saturated heterocycles. The first-order valence-electron chi connectivity index (χ1n) is 22.3. The van der Waals surface area contributed by atoms with Crippen LogP contribution in [0.4, 0.5) is 0 Å². The fourth-order valence-corrected chi connectivity index (χ4v) is 6.74. The largest absolute Gasteiger partial charge is 0.494 e. The second kappa shape index (κ2) is 24.8. The molecule has 0 aliphatic heterocycles. The molecule has 0 N–H and O–H groups in total. The van der Waals surface area contributed by atoms with Gasteiger partial charge < -0.3 is 27.8 Å². The van der Waals surface area contributed by atoms with Crippen molar-refractivity contribution in [3.63, 3.8) is 0 Å². The summed E-state index contributed by atoms with van der Waals surface area (Å²) in [6.07, 6.45) is 19.9. The smallest absolute Gasteiger partial charge is 0.343 e. The number of nitrogens with zero attached hydrogens (tertiary/aromatic N) is 4. The summed E-state index contributed by atoms with van der Waals surface area (Å²) in [5.41, 5.74) is 2.04. The van der Waals surface area contributed by atoms with Crippen LogP contribution in [-0.4, -0.2) is 45.5 Å². The molecular weight excluding hydrogens is 785 g/mol. The molecule has 0 saturated carbocycles. The van der Waals surface area contributed by atoms with E-state index < -0.39 is 11.9 Å². The summed E-state index contributed by atoms with van der Waals surface area (Å²) in [4.78, 5) is 25.6. The summed E-state index contributed by atoms with van der Waals surface area (Å²) < 4.78 is 34.5. The first kappa shape index (κ1) is 45.2. The Kier molecular flexibility index (Phi) is 18.1. The molecule has 0 aliphatic carbocycles. The molecule has 0 amide bonds. The molecule has 0 atom stereocenters. The minimum absolute atomic E-state index is 0.0367. The van der Waals surface area contributed by atoms with Crippen molar-refractivity contribution in [3.05, 3.63) is 108 Å². The van der Waals surface area contributed by atoms with E-state index in [2.05, 4.69) is 34.2 Å². The van der Waals surface area contributed by atoms with Crippen LogP contribution in [0.3, 0.4) is 0 Å². The summed E-state index contributed by atoms with van der Waals surface area (Å²) in [6.45, 7) is 5.79. The lowest BCUT2D eigenvalue weighted by atomic mass is 10.1. The maximum Gasteiger partial charge on any atom is 0.343 e. The molecule has 0 aliphatic rings. The highest BCUT2D eigenvalue weighted by atomic mass is 16.5. The van der Waals surface area contributed by atoms with E-state index in [1.54, 1.807) is 97.1 Å². The number of hydrogen-bond acceptors (Lipinski definition) is 12. The van der Waals surface area contributed by atoms with Crippen LogP contribution in [0.5, 0.6) is 23.0 Å². The average Bonchev–Trinajstić information content (AvgIpc) is 4.00. The van der Waals surface area contributed by atoms with Gasteiger partial charge in [-0.3, -0.25) is 0 Å². The van der Waals surface area contributed by atoms with E-state index in [-0.39, 0.29) is 23.6 Å². The van der Waals surface area contributed by atoms with E-state index in [1.807, 2.05) is 0 Å². The maximum atomic E-state index is 12.8. The van der Waals surface area contributed by atoms with Gasteiger partial charge in [-0.05, 0) is 110 Å². The monoisotopic (exact) mass is 842 g/mol. The highest BCUT2D eigenvalue weighted by molar-refractivity contribution is 5.91. The third-order valence-corrected chi connectivity index (χ3v) is 10.4. The summed E-state index contributed by atoms with van der Waals surface area (Å²) in [6, 6.07) is 27.4. The summed E-state index contributed by atoms with van der Waals surface area (Å²) in [7, 11) is 0. The van der Waals surface area contributed by atoms with Crippen LogP contribution in [0.15, 0.2) is 106 Å². The van der Waals surface area contributed by atoms with Gasteiger partial charge in [-0.15, -0.1) is 20.4 Å². The van der Waals surface area contributed by atoms with Gasteiger partial charge in [0, 0.05) is 11.1 Å². The molecule has 0 unspecified atom stereocenters. The van der Waals surface area contributed by atoms with Gasteiger partial charge in [0.1, 0.15) is 23.0 Å². The van der Waals surface area contributed by atoms with Crippen molar-refractivity contribution in [2.24, 2.45) is 0 Å². The van der Waals surface area contributed by atoms with Gasteiger partial charge in [-0.1, -0.05) is 104 Å². The van der Waals surface area contributed by atoms with Crippen LogP contribution < -0.4 is 18.9 Å². The lowest BCUT2D eigenvalue weighted by Gasteiger charge is -2.08. The molecule has 6 rings (SSSR count). The number of esters is 2. The highest BCUT2D eigenvalue weighted by Crippen LogP contribution is 2.29. The van der Waals surface area contributed by atoms with Crippen LogP contribution in [0.25, 0.3) is 34.7 Å². The van der Waals surface area contributed by atoms with E-state index in [0.717, 1.165) is 37.2 Å². The second-order valence-corrected chi connectivity index (χ2v) is 15.3. The van der Waals surface area contributed by atoms with Gasteiger partial charge in [-0.25, -0.2) is 9.59 Å². The van der Waals surface area contributed by atoms with Crippen molar-refractivity contribution >= 4 is 11.9 Å². The van der Waals surface area contributed by atoms with Gasteiger partial charge in [0.25, 0.3) is 0 Å². The molecule has 0 spiro atoms. The zero-order valence-corrected chi connectivity index (χ0v) is 36.0. The summed E-state index contributed by atoms with van der Waals surface area (Å²) >= 11 is 0. The normalized spacial score (nSPS) is 11.1.